The van der Waals surface area contributed by atoms with Crippen molar-refractivity contribution in [2.45, 2.75) is 24.7 Å². The lowest BCUT2D eigenvalue weighted by Gasteiger charge is -2.18. The summed E-state index contributed by atoms with van der Waals surface area (Å²) in [6, 6.07) is 9.80. The van der Waals surface area contributed by atoms with Crippen LogP contribution in [0.4, 0.5) is 0 Å². The fourth-order valence-electron chi connectivity index (χ4n) is 2.60. The summed E-state index contributed by atoms with van der Waals surface area (Å²) in [4.78, 5) is 2.29. The van der Waals surface area contributed by atoms with Crippen LogP contribution in [-0.4, -0.2) is 56.1 Å². The summed E-state index contributed by atoms with van der Waals surface area (Å²) in [6.45, 7) is 2.60. The molecule has 3 atom stereocenters. The highest BCUT2D eigenvalue weighted by Crippen LogP contribution is 2.20. The van der Waals surface area contributed by atoms with Gasteiger partial charge in [0.2, 0.25) is 0 Å². The van der Waals surface area contributed by atoms with Crippen molar-refractivity contribution in [3.8, 4) is 0 Å². The first-order valence-electron chi connectivity index (χ1n) is 6.75. The van der Waals surface area contributed by atoms with E-state index in [0.29, 0.717) is 0 Å². The average molecular weight is 265 g/mol. The second-order valence-corrected chi connectivity index (χ2v) is 5.02. The zero-order valence-corrected chi connectivity index (χ0v) is 11.7. The normalized spacial score (nSPS) is 25.6. The van der Waals surface area contributed by atoms with Crippen LogP contribution >= 0.6 is 0 Å². The van der Waals surface area contributed by atoms with Gasteiger partial charge in [-0.1, -0.05) is 30.3 Å². The van der Waals surface area contributed by atoms with Gasteiger partial charge in [-0.15, -0.1) is 0 Å². The molecule has 2 rings (SSSR count). The number of likely N-dealkylation sites (tertiary alicyclic amines) is 1. The first-order valence-corrected chi connectivity index (χ1v) is 6.75. The molecule has 1 aromatic rings. The minimum atomic E-state index is -0.399. The van der Waals surface area contributed by atoms with Crippen LogP contribution in [0.25, 0.3) is 0 Å². The van der Waals surface area contributed by atoms with Gasteiger partial charge in [0.25, 0.3) is 0 Å². The number of ether oxygens (including phenoxy) is 2. The van der Waals surface area contributed by atoms with Crippen molar-refractivity contribution in [3.05, 3.63) is 35.9 Å². The Morgan fingerprint density at radius 2 is 1.74 bits per heavy atom. The molecule has 106 valence electrons. The van der Waals surface area contributed by atoms with Crippen LogP contribution in [0.1, 0.15) is 18.1 Å². The lowest BCUT2D eigenvalue weighted by atomic mass is 10.1. The van der Waals surface area contributed by atoms with Crippen molar-refractivity contribution < 1.29 is 14.6 Å². The van der Waals surface area contributed by atoms with Crippen LogP contribution < -0.4 is 0 Å². The summed E-state index contributed by atoms with van der Waals surface area (Å²) in [5, 5.41) is 10.1. The number of hydrogen-bond acceptors (Lipinski definition) is 4. The van der Waals surface area contributed by atoms with E-state index in [1.807, 2.05) is 30.3 Å². The molecule has 1 N–H and O–H groups in total. The smallest absolute Gasteiger partial charge is 0.0971 e. The average Bonchev–Trinajstić information content (AvgIpc) is 2.88. The number of nitrogens with zero attached hydrogens (tertiary/aromatic N) is 1. The summed E-state index contributed by atoms with van der Waals surface area (Å²) >= 11 is 0. The molecular formula is C15H23NO3. The summed E-state index contributed by atoms with van der Waals surface area (Å²) in [5.74, 6) is 0. The second kappa shape index (κ2) is 7.01. The Bertz CT molecular complexity index is 359. The molecule has 0 saturated carbocycles. The van der Waals surface area contributed by atoms with E-state index in [4.69, 9.17) is 9.47 Å². The Labute approximate surface area is 114 Å². The maximum atomic E-state index is 10.1. The predicted octanol–water partition coefficient (Wildman–Crippen LogP) is 1.46. The van der Waals surface area contributed by atoms with Crippen LogP contribution in [0.2, 0.25) is 0 Å². The topological polar surface area (TPSA) is 41.9 Å². The van der Waals surface area contributed by atoms with Gasteiger partial charge in [0.05, 0.1) is 18.3 Å². The van der Waals surface area contributed by atoms with Gasteiger partial charge in [-0.05, 0) is 12.0 Å². The maximum absolute atomic E-state index is 10.1. The maximum Gasteiger partial charge on any atom is 0.0971 e. The molecule has 0 bridgehead atoms. The number of aliphatic hydroxyl groups excluding tert-OH is 1. The van der Waals surface area contributed by atoms with E-state index in [0.717, 1.165) is 31.6 Å². The first kappa shape index (κ1) is 14.5. The zero-order valence-electron chi connectivity index (χ0n) is 11.7. The summed E-state index contributed by atoms with van der Waals surface area (Å²) in [5.41, 5.74) is 0.980. The molecule has 0 spiro atoms. The molecule has 1 saturated heterocycles. The van der Waals surface area contributed by atoms with E-state index in [1.165, 1.54) is 0 Å². The largest absolute Gasteiger partial charge is 0.388 e. The summed E-state index contributed by atoms with van der Waals surface area (Å²) < 4.78 is 10.8. The van der Waals surface area contributed by atoms with Crippen molar-refractivity contribution in [3.63, 3.8) is 0 Å². The number of rotatable bonds is 6. The van der Waals surface area contributed by atoms with E-state index in [1.54, 1.807) is 14.2 Å². The van der Waals surface area contributed by atoms with Gasteiger partial charge in [0, 0.05) is 33.9 Å². The van der Waals surface area contributed by atoms with Crippen molar-refractivity contribution in [1.29, 1.82) is 0 Å². The molecule has 0 radical (unpaired) electrons. The van der Waals surface area contributed by atoms with Crippen LogP contribution in [0.15, 0.2) is 30.3 Å². The number of benzene rings is 1. The minimum Gasteiger partial charge on any atom is -0.388 e. The molecule has 4 nitrogen and oxygen atoms in total. The highest BCUT2D eigenvalue weighted by molar-refractivity contribution is 5.17. The van der Waals surface area contributed by atoms with E-state index in [2.05, 4.69) is 4.90 Å². The molecule has 1 heterocycles. The van der Waals surface area contributed by atoms with Crippen LogP contribution in [0.3, 0.4) is 0 Å². The molecule has 0 amide bonds. The second-order valence-electron chi connectivity index (χ2n) is 5.02. The summed E-state index contributed by atoms with van der Waals surface area (Å²) in [7, 11) is 3.44. The van der Waals surface area contributed by atoms with Crippen molar-refractivity contribution in [1.82, 2.24) is 4.90 Å². The SMILES string of the molecule is COC1CN(CCC(O)c2ccccc2)CC1OC. The van der Waals surface area contributed by atoms with Crippen LogP contribution in [0.5, 0.6) is 0 Å². The van der Waals surface area contributed by atoms with E-state index >= 15 is 0 Å². The predicted molar refractivity (Wildman–Crippen MR) is 74.1 cm³/mol. The quantitative estimate of drug-likeness (QED) is 0.845. The molecule has 1 aliphatic heterocycles. The van der Waals surface area contributed by atoms with Gasteiger partial charge < -0.3 is 14.6 Å². The van der Waals surface area contributed by atoms with Crippen molar-refractivity contribution in [2.24, 2.45) is 0 Å². The van der Waals surface area contributed by atoms with Gasteiger partial charge in [0.15, 0.2) is 0 Å². The molecule has 1 fully saturated rings. The van der Waals surface area contributed by atoms with E-state index in [-0.39, 0.29) is 12.2 Å². The molecule has 19 heavy (non-hydrogen) atoms. The Morgan fingerprint density at radius 1 is 1.16 bits per heavy atom. The Hall–Kier alpha value is -0.940. The monoisotopic (exact) mass is 265 g/mol. The van der Waals surface area contributed by atoms with Crippen LogP contribution in [-0.2, 0) is 9.47 Å². The number of methoxy groups -OCH3 is 2. The van der Waals surface area contributed by atoms with Gasteiger partial charge in [0.1, 0.15) is 0 Å². The van der Waals surface area contributed by atoms with Gasteiger partial charge >= 0.3 is 0 Å². The summed E-state index contributed by atoms with van der Waals surface area (Å²) in [6.07, 6.45) is 0.609. The number of aliphatic hydroxyl groups is 1. The number of hydrogen-bond donors (Lipinski definition) is 1. The highest BCUT2D eigenvalue weighted by Gasteiger charge is 2.32. The minimum absolute atomic E-state index is 0.138. The third kappa shape index (κ3) is 3.76. The standard InChI is InChI=1S/C15H23NO3/c1-18-14-10-16(11-15(14)19-2)9-8-13(17)12-6-4-3-5-7-12/h3-7,13-15,17H,8-11H2,1-2H3. The Morgan fingerprint density at radius 3 is 2.26 bits per heavy atom. The molecule has 1 aliphatic rings. The molecular weight excluding hydrogens is 242 g/mol. The lowest BCUT2D eigenvalue weighted by Crippen LogP contribution is -2.27. The fraction of sp³-hybridized carbons (Fsp3) is 0.600. The molecule has 0 aliphatic carbocycles. The Balaban J connectivity index is 1.80. The molecule has 0 aromatic heterocycles. The van der Waals surface area contributed by atoms with Gasteiger partial charge in [-0.3, -0.25) is 4.90 Å². The van der Waals surface area contributed by atoms with Crippen molar-refractivity contribution in [2.75, 3.05) is 33.9 Å². The highest BCUT2D eigenvalue weighted by atomic mass is 16.5. The Kier molecular flexibility index (Phi) is 5.34. The van der Waals surface area contributed by atoms with Crippen molar-refractivity contribution >= 4 is 0 Å². The van der Waals surface area contributed by atoms with E-state index < -0.39 is 6.10 Å². The molecule has 3 unspecified atom stereocenters. The third-order valence-electron chi connectivity index (χ3n) is 3.80. The van der Waals surface area contributed by atoms with Gasteiger partial charge in [-0.25, -0.2) is 0 Å². The van der Waals surface area contributed by atoms with Crippen LogP contribution in [0, 0.1) is 0 Å². The van der Waals surface area contributed by atoms with E-state index in [9.17, 15) is 5.11 Å². The lowest BCUT2D eigenvalue weighted by molar-refractivity contribution is -0.00461. The third-order valence-corrected chi connectivity index (χ3v) is 3.80. The molecule has 1 aromatic carbocycles. The first-order chi connectivity index (χ1) is 9.24. The molecule has 4 heteroatoms. The van der Waals surface area contributed by atoms with Gasteiger partial charge in [-0.2, -0.15) is 0 Å². The zero-order chi connectivity index (χ0) is 13.7. The fourth-order valence-corrected chi connectivity index (χ4v) is 2.60.